The summed E-state index contributed by atoms with van der Waals surface area (Å²) in [4.78, 5) is 4.31. The van der Waals surface area contributed by atoms with Crippen LogP contribution in [0.5, 0.6) is 0 Å². The average molecular weight is 313 g/mol. The first-order chi connectivity index (χ1) is 11.1. The highest BCUT2D eigenvalue weighted by Crippen LogP contribution is 2.23. The molecule has 1 unspecified atom stereocenters. The highest BCUT2D eigenvalue weighted by atomic mass is 15.3. The molecule has 0 bridgehead atoms. The van der Waals surface area contributed by atoms with Crippen LogP contribution in [-0.2, 0) is 13.6 Å². The van der Waals surface area contributed by atoms with Gasteiger partial charge in [0.2, 0.25) is 0 Å². The highest BCUT2D eigenvalue weighted by Gasteiger charge is 2.16. The van der Waals surface area contributed by atoms with Gasteiger partial charge in [-0.1, -0.05) is 44.2 Å². The fourth-order valence-electron chi connectivity index (χ4n) is 2.61. The lowest BCUT2D eigenvalue weighted by molar-refractivity contribution is 0.487. The van der Waals surface area contributed by atoms with E-state index in [-0.39, 0.29) is 0 Å². The Morgan fingerprint density at radius 1 is 1.17 bits per heavy atom. The molecule has 1 heterocycles. The lowest BCUT2D eigenvalue weighted by atomic mass is 9.88. The van der Waals surface area contributed by atoms with Crippen LogP contribution in [-0.4, -0.2) is 29.3 Å². The van der Waals surface area contributed by atoms with Crippen molar-refractivity contribution in [1.29, 1.82) is 0 Å². The largest absolute Gasteiger partial charge is 0.356 e. The lowest BCUT2D eigenvalue weighted by Crippen LogP contribution is -2.40. The van der Waals surface area contributed by atoms with Crippen molar-refractivity contribution >= 4 is 5.96 Å². The normalized spacial score (nSPS) is 13.2. The minimum Gasteiger partial charge on any atom is -0.356 e. The molecule has 1 aromatic carbocycles. The molecule has 0 saturated heterocycles. The standard InChI is InChI=1S/C18H27N5/c1-14(2)17(15-8-6-5-7-9-15)13-21-18(19-3)20-12-16-10-11-22-23(16)4/h5-11,14,17H,12-13H2,1-4H3,(H2,19,20,21). The van der Waals surface area contributed by atoms with E-state index in [0.717, 1.165) is 18.2 Å². The number of rotatable bonds is 6. The first-order valence-electron chi connectivity index (χ1n) is 8.08. The van der Waals surface area contributed by atoms with Crippen molar-refractivity contribution in [3.63, 3.8) is 0 Å². The summed E-state index contributed by atoms with van der Waals surface area (Å²) in [5.41, 5.74) is 2.48. The van der Waals surface area contributed by atoms with Crippen LogP contribution in [0.1, 0.15) is 31.0 Å². The molecule has 5 nitrogen and oxygen atoms in total. The molecule has 124 valence electrons. The number of aromatic nitrogens is 2. The Morgan fingerprint density at radius 2 is 1.91 bits per heavy atom. The van der Waals surface area contributed by atoms with Gasteiger partial charge < -0.3 is 10.6 Å². The van der Waals surface area contributed by atoms with Gasteiger partial charge in [0.1, 0.15) is 0 Å². The molecule has 0 saturated carbocycles. The topological polar surface area (TPSA) is 54.2 Å². The summed E-state index contributed by atoms with van der Waals surface area (Å²) in [6.07, 6.45) is 1.80. The van der Waals surface area contributed by atoms with Gasteiger partial charge in [0.05, 0.1) is 12.2 Å². The smallest absolute Gasteiger partial charge is 0.191 e. The molecule has 1 aromatic heterocycles. The van der Waals surface area contributed by atoms with Gasteiger partial charge >= 0.3 is 0 Å². The Hall–Kier alpha value is -2.30. The van der Waals surface area contributed by atoms with Crippen LogP contribution in [0, 0.1) is 5.92 Å². The molecule has 23 heavy (non-hydrogen) atoms. The maximum absolute atomic E-state index is 4.31. The molecule has 0 fully saturated rings. The van der Waals surface area contributed by atoms with Crippen LogP contribution in [0.4, 0.5) is 0 Å². The van der Waals surface area contributed by atoms with Crippen LogP contribution in [0.2, 0.25) is 0 Å². The van der Waals surface area contributed by atoms with Crippen molar-refractivity contribution in [3.8, 4) is 0 Å². The Morgan fingerprint density at radius 3 is 2.48 bits per heavy atom. The van der Waals surface area contributed by atoms with Gasteiger partial charge in [-0.15, -0.1) is 0 Å². The molecule has 0 aliphatic heterocycles. The van der Waals surface area contributed by atoms with Gasteiger partial charge in [-0.25, -0.2) is 0 Å². The molecule has 0 aliphatic rings. The first-order valence-corrected chi connectivity index (χ1v) is 8.08. The Labute approximate surface area is 138 Å². The zero-order chi connectivity index (χ0) is 16.7. The summed E-state index contributed by atoms with van der Waals surface area (Å²) in [7, 11) is 3.74. The van der Waals surface area contributed by atoms with Gasteiger partial charge in [0, 0.05) is 32.8 Å². The maximum atomic E-state index is 4.31. The number of aliphatic imine (C=N–C) groups is 1. The van der Waals surface area contributed by atoms with Gasteiger partial charge in [-0.05, 0) is 17.5 Å². The summed E-state index contributed by atoms with van der Waals surface area (Å²) in [6.45, 7) is 6.07. The Kier molecular flexibility index (Phi) is 6.20. The fourth-order valence-corrected chi connectivity index (χ4v) is 2.61. The van der Waals surface area contributed by atoms with E-state index in [0.29, 0.717) is 18.4 Å². The average Bonchev–Trinajstić information content (AvgIpc) is 2.96. The fraction of sp³-hybridized carbons (Fsp3) is 0.444. The summed E-state index contributed by atoms with van der Waals surface area (Å²) >= 11 is 0. The second-order valence-electron chi connectivity index (χ2n) is 6.01. The first kappa shape index (κ1) is 17.1. The van der Waals surface area contributed by atoms with Gasteiger partial charge in [0.15, 0.2) is 5.96 Å². The van der Waals surface area contributed by atoms with Crippen LogP contribution in [0.3, 0.4) is 0 Å². The zero-order valence-corrected chi connectivity index (χ0v) is 14.5. The van der Waals surface area contributed by atoms with Crippen molar-refractivity contribution in [3.05, 3.63) is 53.9 Å². The van der Waals surface area contributed by atoms with E-state index < -0.39 is 0 Å². The highest BCUT2D eigenvalue weighted by molar-refractivity contribution is 5.79. The monoisotopic (exact) mass is 313 g/mol. The molecule has 2 rings (SSSR count). The summed E-state index contributed by atoms with van der Waals surface area (Å²) in [6, 6.07) is 12.6. The predicted molar refractivity (Wildman–Crippen MR) is 95.4 cm³/mol. The molecule has 0 amide bonds. The molecule has 0 spiro atoms. The number of benzene rings is 1. The number of nitrogens with zero attached hydrogens (tertiary/aromatic N) is 3. The molecule has 0 radical (unpaired) electrons. The van der Waals surface area contributed by atoms with Crippen LogP contribution in [0.15, 0.2) is 47.6 Å². The molecular formula is C18H27N5. The summed E-state index contributed by atoms with van der Waals surface area (Å²) < 4.78 is 1.86. The van der Waals surface area contributed by atoms with Gasteiger partial charge in [-0.2, -0.15) is 5.10 Å². The number of guanidine groups is 1. The molecule has 2 N–H and O–H groups in total. The van der Waals surface area contributed by atoms with E-state index in [1.807, 2.05) is 17.8 Å². The van der Waals surface area contributed by atoms with E-state index in [1.165, 1.54) is 5.56 Å². The van der Waals surface area contributed by atoms with Crippen molar-refractivity contribution in [2.45, 2.75) is 26.3 Å². The number of hydrogen-bond acceptors (Lipinski definition) is 2. The van der Waals surface area contributed by atoms with Crippen molar-refractivity contribution in [2.75, 3.05) is 13.6 Å². The minimum atomic E-state index is 0.450. The second-order valence-corrected chi connectivity index (χ2v) is 6.01. The summed E-state index contributed by atoms with van der Waals surface area (Å²) in [5, 5.41) is 11.0. The molecular weight excluding hydrogens is 286 g/mol. The zero-order valence-electron chi connectivity index (χ0n) is 14.5. The van der Waals surface area contributed by atoms with E-state index in [2.05, 4.69) is 64.9 Å². The minimum absolute atomic E-state index is 0.450. The van der Waals surface area contributed by atoms with Crippen LogP contribution < -0.4 is 10.6 Å². The predicted octanol–water partition coefficient (Wildman–Crippen LogP) is 2.52. The van der Waals surface area contributed by atoms with Crippen molar-refractivity contribution in [2.24, 2.45) is 18.0 Å². The maximum Gasteiger partial charge on any atom is 0.191 e. The lowest BCUT2D eigenvalue weighted by Gasteiger charge is -2.23. The molecule has 0 aliphatic carbocycles. The van der Waals surface area contributed by atoms with Gasteiger partial charge in [-0.3, -0.25) is 9.67 Å². The SMILES string of the molecule is CN=C(NCc1ccnn1C)NCC(c1ccccc1)C(C)C. The molecule has 2 aromatic rings. The number of nitrogens with one attached hydrogen (secondary N) is 2. The van der Waals surface area contributed by atoms with E-state index >= 15 is 0 Å². The summed E-state index contributed by atoms with van der Waals surface area (Å²) in [5.74, 6) is 1.82. The van der Waals surface area contributed by atoms with Crippen LogP contribution in [0.25, 0.3) is 0 Å². The van der Waals surface area contributed by atoms with Crippen LogP contribution >= 0.6 is 0 Å². The Bertz CT molecular complexity index is 615. The number of hydrogen-bond donors (Lipinski definition) is 2. The second kappa shape index (κ2) is 8.36. The third-order valence-corrected chi connectivity index (χ3v) is 4.10. The quantitative estimate of drug-likeness (QED) is 0.636. The Balaban J connectivity index is 1.92. The molecule has 5 heteroatoms. The number of aryl methyl sites for hydroxylation is 1. The third-order valence-electron chi connectivity index (χ3n) is 4.10. The van der Waals surface area contributed by atoms with E-state index in [1.54, 1.807) is 13.2 Å². The van der Waals surface area contributed by atoms with E-state index in [4.69, 9.17) is 0 Å². The van der Waals surface area contributed by atoms with Crippen molar-refractivity contribution in [1.82, 2.24) is 20.4 Å². The van der Waals surface area contributed by atoms with Crippen molar-refractivity contribution < 1.29 is 0 Å². The third kappa shape index (κ3) is 4.84. The van der Waals surface area contributed by atoms with E-state index in [9.17, 15) is 0 Å². The molecule has 1 atom stereocenters. The van der Waals surface area contributed by atoms with Gasteiger partial charge in [0.25, 0.3) is 0 Å².